The molecule has 132 valence electrons. The zero-order valence-electron chi connectivity index (χ0n) is 15.1. The number of fused-ring (bicyclic) bond motifs is 2. The fourth-order valence-electron chi connectivity index (χ4n) is 3.50. The van der Waals surface area contributed by atoms with E-state index in [-0.39, 0.29) is 12.1 Å². The number of amides is 1. The molecule has 0 saturated heterocycles. The molecule has 0 saturated carbocycles. The van der Waals surface area contributed by atoms with Gasteiger partial charge < -0.3 is 15.0 Å². The normalized spacial score (nSPS) is 21.6. The van der Waals surface area contributed by atoms with E-state index >= 15 is 0 Å². The Morgan fingerprint density at radius 3 is 2.96 bits per heavy atom. The molecule has 2 aliphatic heterocycles. The minimum atomic E-state index is -0.458. The monoisotopic (exact) mass is 348 g/mol. The van der Waals surface area contributed by atoms with Crippen molar-refractivity contribution in [2.24, 2.45) is 0 Å². The molecule has 0 fully saturated rings. The van der Waals surface area contributed by atoms with Crippen molar-refractivity contribution in [2.45, 2.75) is 58.6 Å². The first-order valence-electron chi connectivity index (χ1n) is 8.84. The number of nitrogens with one attached hydrogen (secondary N) is 1. The van der Waals surface area contributed by atoms with E-state index in [0.717, 1.165) is 32.4 Å². The molecule has 3 rings (SSSR count). The molecular formula is C19H28N2O2S. The van der Waals surface area contributed by atoms with E-state index in [2.05, 4.69) is 22.4 Å². The molecular weight excluding hydrogens is 320 g/mol. The van der Waals surface area contributed by atoms with Gasteiger partial charge in [0.15, 0.2) is 0 Å². The fourth-order valence-corrected chi connectivity index (χ4v) is 4.49. The first kappa shape index (κ1) is 17.5. The van der Waals surface area contributed by atoms with Crippen molar-refractivity contribution < 1.29 is 9.53 Å². The van der Waals surface area contributed by atoms with Crippen LogP contribution < -0.4 is 5.32 Å². The highest BCUT2D eigenvalue weighted by atomic mass is 32.2. The number of hydrogen-bond donors (Lipinski definition) is 1. The van der Waals surface area contributed by atoms with Crippen molar-refractivity contribution in [3.63, 3.8) is 0 Å². The molecule has 0 aromatic heterocycles. The van der Waals surface area contributed by atoms with Crippen molar-refractivity contribution in [1.82, 2.24) is 10.2 Å². The molecule has 2 heterocycles. The van der Waals surface area contributed by atoms with Gasteiger partial charge >= 0.3 is 6.09 Å². The van der Waals surface area contributed by atoms with Crippen molar-refractivity contribution in [2.75, 3.05) is 18.8 Å². The molecule has 0 aromatic rings. The zero-order valence-corrected chi connectivity index (χ0v) is 16.0. The highest BCUT2D eigenvalue weighted by Crippen LogP contribution is 2.44. The lowest BCUT2D eigenvalue weighted by Crippen LogP contribution is -2.43. The summed E-state index contributed by atoms with van der Waals surface area (Å²) in [5.41, 5.74) is 3.95. The lowest BCUT2D eigenvalue weighted by Gasteiger charge is -2.31. The summed E-state index contributed by atoms with van der Waals surface area (Å²) in [5.74, 6) is 1.19. The molecule has 1 N–H and O–H groups in total. The molecule has 5 heteroatoms. The molecule has 0 radical (unpaired) electrons. The van der Waals surface area contributed by atoms with Gasteiger partial charge in [0.25, 0.3) is 0 Å². The molecule has 3 aliphatic rings. The molecule has 1 aliphatic carbocycles. The van der Waals surface area contributed by atoms with Gasteiger partial charge in [0.2, 0.25) is 0 Å². The Morgan fingerprint density at radius 1 is 1.42 bits per heavy atom. The van der Waals surface area contributed by atoms with Crippen LogP contribution in [0.25, 0.3) is 0 Å². The Balaban J connectivity index is 1.63. The number of carbonyl (C=O) groups excluding carboxylic acids is 1. The first-order valence-corrected chi connectivity index (χ1v) is 9.82. The second kappa shape index (κ2) is 6.87. The van der Waals surface area contributed by atoms with Crippen LogP contribution >= 0.6 is 11.8 Å². The SMILES string of the molecule is C[C@@H](CN1CCC2=C1C1=CCCSC1=CC2)NC(=O)OC(C)(C)C. The van der Waals surface area contributed by atoms with Gasteiger partial charge in [-0.05, 0) is 52.5 Å². The zero-order chi connectivity index (χ0) is 17.3. The van der Waals surface area contributed by atoms with Gasteiger partial charge in [-0.2, -0.15) is 0 Å². The summed E-state index contributed by atoms with van der Waals surface area (Å²) in [7, 11) is 0. The average Bonchev–Trinajstić information content (AvgIpc) is 2.88. The number of nitrogens with zero attached hydrogens (tertiary/aromatic N) is 1. The standard InChI is InChI=1S/C19H28N2O2S/c1-13(20-18(22)23-19(2,3)4)12-21-10-9-14-7-8-16-15(17(14)21)6-5-11-24-16/h6,8,13H,5,7,9-12H2,1-4H3,(H,20,22)/t13-/m0/s1. The van der Waals surface area contributed by atoms with Gasteiger partial charge in [-0.25, -0.2) is 4.79 Å². The van der Waals surface area contributed by atoms with Crippen LogP contribution in [0.15, 0.2) is 33.9 Å². The van der Waals surface area contributed by atoms with E-state index in [4.69, 9.17) is 4.74 Å². The summed E-state index contributed by atoms with van der Waals surface area (Å²) >= 11 is 1.98. The molecule has 1 amide bonds. The van der Waals surface area contributed by atoms with E-state index < -0.39 is 5.60 Å². The van der Waals surface area contributed by atoms with Crippen LogP contribution in [-0.4, -0.2) is 41.5 Å². The number of hydrogen-bond acceptors (Lipinski definition) is 4. The highest BCUT2D eigenvalue weighted by molar-refractivity contribution is 8.03. The summed E-state index contributed by atoms with van der Waals surface area (Å²) in [4.78, 5) is 15.9. The van der Waals surface area contributed by atoms with Gasteiger partial charge in [0.1, 0.15) is 5.60 Å². The summed E-state index contributed by atoms with van der Waals surface area (Å²) in [6, 6.07) is 0.0536. The number of carbonyl (C=O) groups is 1. The predicted octanol–water partition coefficient (Wildman–Crippen LogP) is 4.21. The average molecular weight is 349 g/mol. The summed E-state index contributed by atoms with van der Waals surface area (Å²) in [6.07, 6.45) is 7.81. The predicted molar refractivity (Wildman–Crippen MR) is 99.9 cm³/mol. The van der Waals surface area contributed by atoms with Crippen LogP contribution in [0.4, 0.5) is 4.79 Å². The maximum Gasteiger partial charge on any atom is 0.407 e. The van der Waals surface area contributed by atoms with Crippen molar-refractivity contribution >= 4 is 17.9 Å². The third-order valence-corrected chi connectivity index (χ3v) is 5.51. The Kier molecular flexibility index (Phi) is 5.00. The van der Waals surface area contributed by atoms with E-state index in [1.54, 1.807) is 5.57 Å². The molecule has 0 bridgehead atoms. The molecule has 4 nitrogen and oxygen atoms in total. The molecule has 0 unspecified atom stereocenters. The minimum absolute atomic E-state index is 0.0536. The van der Waals surface area contributed by atoms with Crippen LogP contribution in [0.1, 0.15) is 47.0 Å². The van der Waals surface area contributed by atoms with E-state index in [0.29, 0.717) is 0 Å². The maximum atomic E-state index is 12.0. The van der Waals surface area contributed by atoms with E-state index in [9.17, 15) is 4.79 Å². The van der Waals surface area contributed by atoms with Gasteiger partial charge in [-0.15, -0.1) is 11.8 Å². The second-order valence-corrected chi connectivity index (χ2v) is 8.86. The van der Waals surface area contributed by atoms with Crippen LogP contribution in [-0.2, 0) is 4.74 Å². The quantitative estimate of drug-likeness (QED) is 0.829. The number of thioether (sulfide) groups is 1. The lowest BCUT2D eigenvalue weighted by molar-refractivity contribution is 0.0501. The first-order chi connectivity index (χ1) is 11.3. The number of ether oxygens (including phenoxy) is 1. The Morgan fingerprint density at radius 2 is 2.21 bits per heavy atom. The highest BCUT2D eigenvalue weighted by Gasteiger charge is 2.31. The summed E-state index contributed by atoms with van der Waals surface area (Å²) in [5, 5.41) is 2.97. The molecule has 0 spiro atoms. The van der Waals surface area contributed by atoms with Crippen LogP contribution in [0.2, 0.25) is 0 Å². The van der Waals surface area contributed by atoms with Crippen LogP contribution in [0.5, 0.6) is 0 Å². The lowest BCUT2D eigenvalue weighted by atomic mass is 9.97. The summed E-state index contributed by atoms with van der Waals surface area (Å²) in [6.45, 7) is 9.58. The van der Waals surface area contributed by atoms with Gasteiger partial charge in [-0.3, -0.25) is 0 Å². The van der Waals surface area contributed by atoms with Gasteiger partial charge in [-0.1, -0.05) is 12.2 Å². The van der Waals surface area contributed by atoms with Crippen molar-refractivity contribution in [3.05, 3.63) is 33.9 Å². The van der Waals surface area contributed by atoms with Gasteiger partial charge in [0.05, 0.1) is 0 Å². The third kappa shape index (κ3) is 4.00. The third-order valence-electron chi connectivity index (χ3n) is 4.37. The number of alkyl carbamates (subject to hydrolysis) is 1. The second-order valence-electron chi connectivity index (χ2n) is 7.72. The van der Waals surface area contributed by atoms with Gasteiger partial charge in [0, 0.05) is 41.1 Å². The Hall–Kier alpha value is -1.36. The Bertz CT molecular complexity index is 613. The van der Waals surface area contributed by atoms with Crippen LogP contribution in [0.3, 0.4) is 0 Å². The van der Waals surface area contributed by atoms with Crippen molar-refractivity contribution in [3.8, 4) is 0 Å². The fraction of sp³-hybridized carbons (Fsp3) is 0.632. The largest absolute Gasteiger partial charge is 0.444 e. The minimum Gasteiger partial charge on any atom is -0.444 e. The topological polar surface area (TPSA) is 41.6 Å². The van der Waals surface area contributed by atoms with Crippen molar-refractivity contribution in [1.29, 1.82) is 0 Å². The molecule has 1 atom stereocenters. The number of rotatable bonds is 3. The number of allylic oxidation sites excluding steroid dienone is 3. The van der Waals surface area contributed by atoms with E-state index in [1.807, 2.05) is 39.5 Å². The van der Waals surface area contributed by atoms with Crippen LogP contribution in [0, 0.1) is 0 Å². The van der Waals surface area contributed by atoms with E-state index in [1.165, 1.54) is 21.9 Å². The summed E-state index contributed by atoms with van der Waals surface area (Å²) < 4.78 is 5.36. The Labute approximate surface area is 149 Å². The molecule has 0 aromatic carbocycles. The maximum absolute atomic E-state index is 12.0. The molecule has 24 heavy (non-hydrogen) atoms. The smallest absolute Gasteiger partial charge is 0.407 e.